The van der Waals surface area contributed by atoms with Gasteiger partial charge in [-0.15, -0.1) is 0 Å². The highest BCUT2D eigenvalue weighted by Gasteiger charge is 2.19. The van der Waals surface area contributed by atoms with Gasteiger partial charge in [-0.3, -0.25) is 9.78 Å². The van der Waals surface area contributed by atoms with E-state index in [0.717, 1.165) is 23.2 Å². The fourth-order valence-corrected chi connectivity index (χ4v) is 2.89. The molecule has 0 spiro atoms. The average Bonchev–Trinajstić information content (AvgIpc) is 3.13. The lowest BCUT2D eigenvalue weighted by Gasteiger charge is -2.08. The molecule has 0 saturated heterocycles. The minimum absolute atomic E-state index is 0.0483. The van der Waals surface area contributed by atoms with Gasteiger partial charge in [-0.25, -0.2) is 9.97 Å². The van der Waals surface area contributed by atoms with E-state index in [4.69, 9.17) is 16.7 Å². The van der Waals surface area contributed by atoms with Gasteiger partial charge in [0.15, 0.2) is 5.65 Å². The quantitative estimate of drug-likeness (QED) is 0.741. The second-order valence-electron chi connectivity index (χ2n) is 5.11. The van der Waals surface area contributed by atoms with Crippen molar-refractivity contribution < 1.29 is 9.90 Å². The van der Waals surface area contributed by atoms with Crippen LogP contribution < -0.4 is 0 Å². The summed E-state index contributed by atoms with van der Waals surface area (Å²) in [6.45, 7) is -0.238. The number of hydrogen-bond acceptors (Lipinski definition) is 5. The summed E-state index contributed by atoms with van der Waals surface area (Å²) in [6.07, 6.45) is 7.96. The number of carboxylic acid groups (broad SMARTS) is 1. The van der Waals surface area contributed by atoms with E-state index in [2.05, 4.69) is 19.9 Å². The van der Waals surface area contributed by atoms with Gasteiger partial charge < -0.3 is 9.67 Å². The molecule has 23 heavy (non-hydrogen) atoms. The smallest absolute Gasteiger partial charge is 0.323 e. The first-order chi connectivity index (χ1) is 11.1. The van der Waals surface area contributed by atoms with Gasteiger partial charge in [-0.2, -0.15) is 4.98 Å². The molecule has 0 unspecified atom stereocenters. The molecule has 8 heteroatoms. The number of pyridine rings is 1. The number of carbonyl (C=O) groups is 1. The molecule has 0 saturated carbocycles. The van der Waals surface area contributed by atoms with E-state index in [1.807, 2.05) is 18.2 Å². The van der Waals surface area contributed by atoms with Crippen LogP contribution in [-0.4, -0.2) is 35.6 Å². The predicted molar refractivity (Wildman–Crippen MR) is 83.9 cm³/mol. The molecule has 0 aliphatic heterocycles. The Bertz CT molecular complexity index is 979. The number of hydrogen-bond donors (Lipinski definition) is 1. The summed E-state index contributed by atoms with van der Waals surface area (Å²) in [6, 6.07) is 1.85. The van der Waals surface area contributed by atoms with Crippen molar-refractivity contribution in [1.29, 1.82) is 0 Å². The van der Waals surface area contributed by atoms with Crippen LogP contribution in [0.1, 0.15) is 11.3 Å². The lowest BCUT2D eigenvalue weighted by atomic mass is 10.0. The Morgan fingerprint density at radius 2 is 2.22 bits per heavy atom. The monoisotopic (exact) mass is 327 g/mol. The molecule has 0 fully saturated rings. The molecule has 0 amide bonds. The summed E-state index contributed by atoms with van der Waals surface area (Å²) in [5, 5.41) is 9.03. The fraction of sp³-hybridized carbons (Fsp3) is 0.133. The molecule has 3 heterocycles. The number of nitrogens with zero attached hydrogens (tertiary/aromatic N) is 5. The first-order valence-electron chi connectivity index (χ1n) is 6.88. The molecular weight excluding hydrogens is 318 g/mol. The van der Waals surface area contributed by atoms with E-state index in [1.165, 1.54) is 10.9 Å². The van der Waals surface area contributed by atoms with Crippen LogP contribution in [0.4, 0.5) is 0 Å². The Labute approximate surface area is 135 Å². The minimum atomic E-state index is -0.978. The highest BCUT2D eigenvalue weighted by molar-refractivity contribution is 6.28. The summed E-state index contributed by atoms with van der Waals surface area (Å²) >= 11 is 6.05. The number of halogens is 1. The van der Waals surface area contributed by atoms with Crippen molar-refractivity contribution >= 4 is 34.8 Å². The molecule has 1 N–H and O–H groups in total. The third kappa shape index (κ3) is 2.25. The molecule has 1 aliphatic carbocycles. The molecule has 3 aromatic heterocycles. The second kappa shape index (κ2) is 5.13. The highest BCUT2D eigenvalue weighted by Crippen LogP contribution is 2.32. The second-order valence-corrected chi connectivity index (χ2v) is 5.44. The van der Waals surface area contributed by atoms with Crippen LogP contribution in [0.3, 0.4) is 0 Å². The molecular formula is C15H10ClN5O2. The van der Waals surface area contributed by atoms with Gasteiger partial charge in [0.2, 0.25) is 5.28 Å². The van der Waals surface area contributed by atoms with Crippen LogP contribution in [0.2, 0.25) is 5.28 Å². The van der Waals surface area contributed by atoms with Crippen molar-refractivity contribution in [2.45, 2.75) is 13.0 Å². The van der Waals surface area contributed by atoms with E-state index in [0.29, 0.717) is 16.9 Å². The van der Waals surface area contributed by atoms with Gasteiger partial charge in [-0.05, 0) is 17.7 Å². The van der Waals surface area contributed by atoms with E-state index in [-0.39, 0.29) is 11.8 Å². The number of carboxylic acids is 1. The Balaban J connectivity index is 1.98. The molecule has 114 valence electrons. The normalized spacial score (nSPS) is 12.7. The zero-order valence-electron chi connectivity index (χ0n) is 11.8. The first kappa shape index (κ1) is 13.8. The summed E-state index contributed by atoms with van der Waals surface area (Å²) in [5.41, 5.74) is 4.30. The molecule has 0 radical (unpaired) electrons. The first-order valence-corrected chi connectivity index (χ1v) is 7.26. The highest BCUT2D eigenvalue weighted by atomic mass is 35.5. The average molecular weight is 328 g/mol. The summed E-state index contributed by atoms with van der Waals surface area (Å²) < 4.78 is 1.44. The topological polar surface area (TPSA) is 93.8 Å². The van der Waals surface area contributed by atoms with Crippen LogP contribution in [0.25, 0.3) is 28.5 Å². The van der Waals surface area contributed by atoms with E-state index >= 15 is 0 Å². The number of rotatable bonds is 3. The zero-order valence-corrected chi connectivity index (χ0v) is 12.5. The number of fused-ring (bicyclic) bond motifs is 2. The Morgan fingerprint density at radius 3 is 3.04 bits per heavy atom. The molecule has 0 atom stereocenters. The van der Waals surface area contributed by atoms with E-state index < -0.39 is 5.97 Å². The van der Waals surface area contributed by atoms with Gasteiger partial charge in [0.25, 0.3) is 0 Å². The molecule has 4 rings (SSSR count). The Morgan fingerprint density at radius 1 is 1.35 bits per heavy atom. The van der Waals surface area contributed by atoms with E-state index in [9.17, 15) is 4.79 Å². The minimum Gasteiger partial charge on any atom is -0.480 e. The van der Waals surface area contributed by atoms with Crippen LogP contribution in [0.15, 0.2) is 24.7 Å². The molecule has 0 bridgehead atoms. The maximum Gasteiger partial charge on any atom is 0.323 e. The van der Waals surface area contributed by atoms with Crippen LogP contribution in [0, 0.1) is 0 Å². The van der Waals surface area contributed by atoms with Crippen LogP contribution in [0.5, 0.6) is 0 Å². The van der Waals surface area contributed by atoms with Crippen molar-refractivity contribution in [3.63, 3.8) is 0 Å². The van der Waals surface area contributed by atoms with Gasteiger partial charge in [0.1, 0.15) is 17.8 Å². The summed E-state index contributed by atoms with van der Waals surface area (Å²) in [5.74, 6) is -0.978. The van der Waals surface area contributed by atoms with Crippen LogP contribution >= 0.6 is 11.6 Å². The van der Waals surface area contributed by atoms with E-state index in [1.54, 1.807) is 6.20 Å². The third-order valence-electron chi connectivity index (χ3n) is 3.67. The van der Waals surface area contributed by atoms with Gasteiger partial charge in [0, 0.05) is 23.7 Å². The van der Waals surface area contributed by atoms with Gasteiger partial charge in [-0.1, -0.05) is 12.2 Å². The standard InChI is InChI=1S/C15H10ClN5O2/c16-15-19-12(9-4-5-17-10-3-1-2-8(9)10)13-14(20-15)21(7-18-13)6-11(22)23/h1-2,4-5,7H,3,6H2,(H,22,23). The Hall–Kier alpha value is -2.80. The molecule has 3 aromatic rings. The summed E-state index contributed by atoms with van der Waals surface area (Å²) in [7, 11) is 0. The van der Waals surface area contributed by atoms with Crippen molar-refractivity contribution in [1.82, 2.24) is 24.5 Å². The van der Waals surface area contributed by atoms with Gasteiger partial charge >= 0.3 is 5.97 Å². The molecule has 7 nitrogen and oxygen atoms in total. The van der Waals surface area contributed by atoms with Crippen molar-refractivity contribution in [3.05, 3.63) is 41.2 Å². The van der Waals surface area contributed by atoms with Crippen molar-refractivity contribution in [2.24, 2.45) is 0 Å². The summed E-state index contributed by atoms with van der Waals surface area (Å²) in [4.78, 5) is 28.0. The number of aliphatic carboxylic acids is 1. The lowest BCUT2D eigenvalue weighted by Crippen LogP contribution is -2.08. The molecule has 1 aliphatic rings. The maximum absolute atomic E-state index is 11.0. The Kier molecular flexibility index (Phi) is 3.09. The number of allylic oxidation sites excluding steroid dienone is 1. The SMILES string of the molecule is O=C(O)Cn1cnc2c(-c3ccnc4c3C=CC4)nc(Cl)nc21. The maximum atomic E-state index is 11.0. The van der Waals surface area contributed by atoms with Crippen molar-refractivity contribution in [2.75, 3.05) is 0 Å². The van der Waals surface area contributed by atoms with Crippen molar-refractivity contribution in [3.8, 4) is 11.3 Å². The predicted octanol–water partition coefficient (Wildman–Crippen LogP) is 2.20. The number of aromatic nitrogens is 5. The zero-order chi connectivity index (χ0) is 16.0. The lowest BCUT2D eigenvalue weighted by molar-refractivity contribution is -0.137. The number of imidazole rings is 1. The molecule has 0 aromatic carbocycles. The third-order valence-corrected chi connectivity index (χ3v) is 3.83. The van der Waals surface area contributed by atoms with Gasteiger partial charge in [0.05, 0.1) is 12.0 Å². The van der Waals surface area contributed by atoms with Crippen LogP contribution in [-0.2, 0) is 17.8 Å². The largest absolute Gasteiger partial charge is 0.480 e. The fourth-order valence-electron chi connectivity index (χ4n) is 2.73.